The van der Waals surface area contributed by atoms with Crippen LogP contribution in [0.1, 0.15) is 18.4 Å². The number of rotatable bonds is 4. The third-order valence-corrected chi connectivity index (χ3v) is 3.85. The van der Waals surface area contributed by atoms with Crippen LogP contribution in [0.25, 0.3) is 0 Å². The van der Waals surface area contributed by atoms with E-state index in [2.05, 4.69) is 4.90 Å². The molecule has 0 bridgehead atoms. The number of alkyl halides is 1. The average Bonchev–Trinajstić information content (AvgIpc) is 2.21. The summed E-state index contributed by atoms with van der Waals surface area (Å²) in [5, 5.41) is 0.543. The van der Waals surface area contributed by atoms with Gasteiger partial charge in [-0.3, -0.25) is 0 Å². The van der Waals surface area contributed by atoms with Crippen molar-refractivity contribution in [1.82, 2.24) is 4.90 Å². The Bertz CT molecular complexity index is 391. The molecule has 2 rings (SSSR count). The van der Waals surface area contributed by atoms with Gasteiger partial charge in [0.05, 0.1) is 5.02 Å². The molecule has 17 heavy (non-hydrogen) atoms. The normalized spacial score (nSPS) is 23.8. The standard InChI is InChI=1S/C13H16Cl2FN/c1-17(8-10-4-11(14)5-10)7-9-2-3-12(15)13(16)6-9/h2-3,6,10-11H,4-5,7-8H2,1H3. The van der Waals surface area contributed by atoms with E-state index in [1.165, 1.54) is 6.07 Å². The molecule has 4 heteroatoms. The van der Waals surface area contributed by atoms with Crippen molar-refractivity contribution in [2.24, 2.45) is 5.92 Å². The second kappa shape index (κ2) is 5.55. The molecule has 1 nitrogen and oxygen atoms in total. The van der Waals surface area contributed by atoms with E-state index in [0.717, 1.165) is 31.5 Å². The van der Waals surface area contributed by atoms with Crippen molar-refractivity contribution < 1.29 is 4.39 Å². The lowest BCUT2D eigenvalue weighted by molar-refractivity contribution is 0.204. The number of nitrogens with zero attached hydrogens (tertiary/aromatic N) is 1. The highest BCUT2D eigenvalue weighted by atomic mass is 35.5. The monoisotopic (exact) mass is 275 g/mol. The highest BCUT2D eigenvalue weighted by Gasteiger charge is 2.27. The van der Waals surface area contributed by atoms with Gasteiger partial charge in [-0.2, -0.15) is 0 Å². The van der Waals surface area contributed by atoms with E-state index in [0.29, 0.717) is 11.3 Å². The SMILES string of the molecule is CN(Cc1ccc(Cl)c(F)c1)CC1CC(Cl)C1. The molecule has 0 spiro atoms. The lowest BCUT2D eigenvalue weighted by Gasteiger charge is -2.34. The maximum atomic E-state index is 13.3. The fraction of sp³-hybridized carbons (Fsp3) is 0.538. The molecule has 0 aromatic heterocycles. The van der Waals surface area contributed by atoms with E-state index < -0.39 is 0 Å². The topological polar surface area (TPSA) is 3.24 Å². The molecular weight excluding hydrogens is 260 g/mol. The van der Waals surface area contributed by atoms with E-state index in [1.54, 1.807) is 6.07 Å². The van der Waals surface area contributed by atoms with Crippen molar-refractivity contribution in [2.45, 2.75) is 24.8 Å². The maximum absolute atomic E-state index is 13.3. The van der Waals surface area contributed by atoms with Crippen LogP contribution in [0.15, 0.2) is 18.2 Å². The van der Waals surface area contributed by atoms with Crippen molar-refractivity contribution in [3.8, 4) is 0 Å². The summed E-state index contributed by atoms with van der Waals surface area (Å²) in [6.07, 6.45) is 2.20. The molecule has 1 aliphatic carbocycles. The quantitative estimate of drug-likeness (QED) is 0.753. The van der Waals surface area contributed by atoms with Gasteiger partial charge in [-0.05, 0) is 43.5 Å². The Kier molecular flexibility index (Phi) is 4.29. The Labute approximate surface area is 112 Å². The first-order chi connectivity index (χ1) is 8.04. The zero-order chi connectivity index (χ0) is 12.4. The van der Waals surface area contributed by atoms with Crippen molar-refractivity contribution in [3.05, 3.63) is 34.6 Å². The van der Waals surface area contributed by atoms with E-state index in [1.807, 2.05) is 13.1 Å². The highest BCUT2D eigenvalue weighted by molar-refractivity contribution is 6.30. The van der Waals surface area contributed by atoms with E-state index in [9.17, 15) is 4.39 Å². The molecule has 0 N–H and O–H groups in total. The summed E-state index contributed by atoms with van der Waals surface area (Å²) < 4.78 is 13.3. The first kappa shape index (κ1) is 13.1. The summed E-state index contributed by atoms with van der Waals surface area (Å²) in [6.45, 7) is 1.77. The van der Waals surface area contributed by atoms with Gasteiger partial charge in [-0.1, -0.05) is 17.7 Å². The Hall–Kier alpha value is -0.310. The van der Waals surface area contributed by atoms with Crippen molar-refractivity contribution in [1.29, 1.82) is 0 Å². The van der Waals surface area contributed by atoms with Crippen molar-refractivity contribution >= 4 is 23.2 Å². The summed E-state index contributed by atoms with van der Waals surface area (Å²) in [6, 6.07) is 4.98. The zero-order valence-corrected chi connectivity index (χ0v) is 11.3. The molecule has 1 fully saturated rings. The second-order valence-electron chi connectivity index (χ2n) is 4.88. The minimum absolute atomic E-state index is 0.181. The summed E-state index contributed by atoms with van der Waals surface area (Å²) in [7, 11) is 2.05. The molecule has 1 aliphatic rings. The van der Waals surface area contributed by atoms with Crippen LogP contribution in [0, 0.1) is 11.7 Å². The highest BCUT2D eigenvalue weighted by Crippen LogP contribution is 2.32. The second-order valence-corrected chi connectivity index (χ2v) is 5.90. The molecule has 1 aromatic carbocycles. The molecule has 0 heterocycles. The van der Waals surface area contributed by atoms with Crippen LogP contribution in [0.3, 0.4) is 0 Å². The third kappa shape index (κ3) is 3.57. The van der Waals surface area contributed by atoms with Gasteiger partial charge in [-0.25, -0.2) is 4.39 Å². The minimum atomic E-state index is -0.345. The Balaban J connectivity index is 1.85. The zero-order valence-electron chi connectivity index (χ0n) is 9.80. The molecular formula is C13H16Cl2FN. The van der Waals surface area contributed by atoms with Gasteiger partial charge in [0.15, 0.2) is 0 Å². The van der Waals surface area contributed by atoms with Crippen LogP contribution in [0.4, 0.5) is 4.39 Å². The van der Waals surface area contributed by atoms with Crippen molar-refractivity contribution in [3.63, 3.8) is 0 Å². The van der Waals surface area contributed by atoms with Crippen LogP contribution in [-0.2, 0) is 6.54 Å². The summed E-state index contributed by atoms with van der Waals surface area (Å²) in [4.78, 5) is 2.20. The van der Waals surface area contributed by atoms with Crippen LogP contribution >= 0.6 is 23.2 Å². The number of halogens is 3. The number of hydrogen-bond donors (Lipinski definition) is 0. The van der Waals surface area contributed by atoms with Gasteiger partial charge >= 0.3 is 0 Å². The third-order valence-electron chi connectivity index (χ3n) is 3.18. The molecule has 94 valence electrons. The maximum Gasteiger partial charge on any atom is 0.142 e. The summed E-state index contributed by atoms with van der Waals surface area (Å²) in [5.74, 6) is 0.349. The fourth-order valence-corrected chi connectivity index (χ4v) is 2.88. The molecule has 0 unspecified atom stereocenters. The molecule has 0 aliphatic heterocycles. The first-order valence-corrected chi connectivity index (χ1v) is 6.62. The first-order valence-electron chi connectivity index (χ1n) is 5.81. The number of hydrogen-bond acceptors (Lipinski definition) is 1. The smallest absolute Gasteiger partial charge is 0.142 e. The van der Waals surface area contributed by atoms with E-state index >= 15 is 0 Å². The van der Waals surface area contributed by atoms with Crippen LogP contribution in [0.5, 0.6) is 0 Å². The van der Waals surface area contributed by atoms with Crippen LogP contribution in [-0.4, -0.2) is 23.9 Å². The van der Waals surface area contributed by atoms with Gasteiger partial charge < -0.3 is 4.90 Å². The largest absolute Gasteiger partial charge is 0.302 e. The van der Waals surface area contributed by atoms with Gasteiger partial charge in [0.1, 0.15) is 5.82 Å². The Morgan fingerprint density at radius 2 is 2.12 bits per heavy atom. The van der Waals surface area contributed by atoms with Crippen molar-refractivity contribution in [2.75, 3.05) is 13.6 Å². The Morgan fingerprint density at radius 3 is 2.71 bits per heavy atom. The number of benzene rings is 1. The molecule has 1 aromatic rings. The molecule has 0 radical (unpaired) electrons. The molecule has 1 saturated carbocycles. The summed E-state index contributed by atoms with van der Waals surface area (Å²) >= 11 is 11.6. The molecule has 0 atom stereocenters. The predicted molar refractivity (Wildman–Crippen MR) is 70.1 cm³/mol. The van der Waals surface area contributed by atoms with Gasteiger partial charge in [0.2, 0.25) is 0 Å². The van der Waals surface area contributed by atoms with Gasteiger partial charge in [0, 0.05) is 18.5 Å². The Morgan fingerprint density at radius 1 is 1.41 bits per heavy atom. The van der Waals surface area contributed by atoms with Gasteiger partial charge in [-0.15, -0.1) is 11.6 Å². The van der Waals surface area contributed by atoms with E-state index in [-0.39, 0.29) is 10.8 Å². The van der Waals surface area contributed by atoms with Crippen LogP contribution in [0.2, 0.25) is 5.02 Å². The fourth-order valence-electron chi connectivity index (χ4n) is 2.26. The van der Waals surface area contributed by atoms with E-state index in [4.69, 9.17) is 23.2 Å². The average molecular weight is 276 g/mol. The minimum Gasteiger partial charge on any atom is -0.302 e. The lowest BCUT2D eigenvalue weighted by Crippen LogP contribution is -2.34. The van der Waals surface area contributed by atoms with Crippen LogP contribution < -0.4 is 0 Å². The van der Waals surface area contributed by atoms with Gasteiger partial charge in [0.25, 0.3) is 0 Å². The predicted octanol–water partition coefficient (Wildman–Crippen LogP) is 3.93. The lowest BCUT2D eigenvalue weighted by atomic mass is 9.84. The summed E-state index contributed by atoms with van der Waals surface area (Å²) in [5.41, 5.74) is 0.955. The molecule has 0 amide bonds. The molecule has 0 saturated heterocycles.